The molecular formula is C7H13Cl3. The van der Waals surface area contributed by atoms with Crippen LogP contribution in [-0.4, -0.2) is 3.79 Å². The first-order chi connectivity index (χ1) is 4.21. The van der Waals surface area contributed by atoms with Gasteiger partial charge in [0.05, 0.1) is 0 Å². The molecule has 0 aliphatic heterocycles. The zero-order valence-corrected chi connectivity index (χ0v) is 8.82. The molecule has 0 heterocycles. The summed E-state index contributed by atoms with van der Waals surface area (Å²) < 4.78 is -1.08. The van der Waals surface area contributed by atoms with Crippen LogP contribution in [0.25, 0.3) is 0 Å². The van der Waals surface area contributed by atoms with Gasteiger partial charge in [0.25, 0.3) is 0 Å². The standard InChI is InChI=1S/C7H13Cl3/c1-6(2,3)4-5-7(8,9)10/h4-5H2,1-3H3. The van der Waals surface area contributed by atoms with E-state index in [4.69, 9.17) is 34.8 Å². The monoisotopic (exact) mass is 202 g/mol. The lowest BCUT2D eigenvalue weighted by Crippen LogP contribution is -2.11. The van der Waals surface area contributed by atoms with E-state index in [-0.39, 0.29) is 5.41 Å². The summed E-state index contributed by atoms with van der Waals surface area (Å²) in [7, 11) is 0. The van der Waals surface area contributed by atoms with Gasteiger partial charge in [-0.3, -0.25) is 0 Å². The third kappa shape index (κ3) is 8.87. The van der Waals surface area contributed by atoms with Crippen molar-refractivity contribution in [3.63, 3.8) is 0 Å². The maximum absolute atomic E-state index is 5.57. The number of rotatable bonds is 1. The number of halogens is 3. The molecule has 0 saturated carbocycles. The molecule has 0 nitrogen and oxygen atoms in total. The molecule has 10 heavy (non-hydrogen) atoms. The molecule has 0 radical (unpaired) electrons. The SMILES string of the molecule is CC(C)(C)CCC(Cl)(Cl)Cl. The molecule has 0 fully saturated rings. The Kier molecular flexibility index (Phi) is 3.82. The highest BCUT2D eigenvalue weighted by Gasteiger charge is 2.22. The molecule has 3 heteroatoms. The van der Waals surface area contributed by atoms with Crippen molar-refractivity contribution in [1.29, 1.82) is 0 Å². The Hall–Kier alpha value is 0.870. The second kappa shape index (κ2) is 3.51. The number of alkyl halides is 3. The number of hydrogen-bond acceptors (Lipinski definition) is 0. The maximum Gasteiger partial charge on any atom is 0.190 e. The Morgan fingerprint density at radius 2 is 1.30 bits per heavy atom. The van der Waals surface area contributed by atoms with Crippen molar-refractivity contribution in [2.24, 2.45) is 5.41 Å². The summed E-state index contributed by atoms with van der Waals surface area (Å²) in [6.07, 6.45) is 1.56. The van der Waals surface area contributed by atoms with Gasteiger partial charge in [-0.2, -0.15) is 0 Å². The first-order valence-electron chi connectivity index (χ1n) is 3.27. The topological polar surface area (TPSA) is 0 Å². The molecule has 0 unspecified atom stereocenters. The molecule has 0 amide bonds. The quantitative estimate of drug-likeness (QED) is 0.561. The lowest BCUT2D eigenvalue weighted by molar-refractivity contribution is 0.367. The van der Waals surface area contributed by atoms with Crippen molar-refractivity contribution in [2.75, 3.05) is 0 Å². The van der Waals surface area contributed by atoms with Gasteiger partial charge in [-0.25, -0.2) is 0 Å². The van der Waals surface area contributed by atoms with E-state index in [9.17, 15) is 0 Å². The molecule has 0 saturated heterocycles. The fraction of sp³-hybridized carbons (Fsp3) is 1.00. The molecule has 0 rings (SSSR count). The zero-order chi connectivity index (χ0) is 8.41. The van der Waals surface area contributed by atoms with Crippen LogP contribution in [0.4, 0.5) is 0 Å². The van der Waals surface area contributed by atoms with Crippen molar-refractivity contribution in [3.8, 4) is 0 Å². The molecule has 0 bridgehead atoms. The average molecular weight is 204 g/mol. The largest absolute Gasteiger partial charge is 0.190 e. The van der Waals surface area contributed by atoms with Gasteiger partial charge in [0.1, 0.15) is 0 Å². The average Bonchev–Trinajstić information content (AvgIpc) is 1.57. The predicted molar refractivity (Wildman–Crippen MR) is 49.0 cm³/mol. The van der Waals surface area contributed by atoms with Crippen LogP contribution in [-0.2, 0) is 0 Å². The highest BCUT2D eigenvalue weighted by atomic mass is 35.6. The van der Waals surface area contributed by atoms with Crippen LogP contribution in [0.3, 0.4) is 0 Å². The number of hydrogen-bond donors (Lipinski definition) is 0. The van der Waals surface area contributed by atoms with Gasteiger partial charge in [0.15, 0.2) is 3.79 Å². The summed E-state index contributed by atoms with van der Waals surface area (Å²) in [5.74, 6) is 0. The molecule has 0 aromatic heterocycles. The van der Waals surface area contributed by atoms with Gasteiger partial charge in [-0.1, -0.05) is 55.6 Å². The zero-order valence-electron chi connectivity index (χ0n) is 6.55. The third-order valence-corrected chi connectivity index (χ3v) is 1.73. The van der Waals surface area contributed by atoms with Gasteiger partial charge in [-0.15, -0.1) is 0 Å². The van der Waals surface area contributed by atoms with Crippen molar-refractivity contribution in [1.82, 2.24) is 0 Å². The van der Waals surface area contributed by atoms with E-state index in [1.165, 1.54) is 0 Å². The molecule has 62 valence electrons. The minimum Gasteiger partial charge on any atom is -0.0837 e. The van der Waals surface area contributed by atoms with Crippen molar-refractivity contribution in [3.05, 3.63) is 0 Å². The van der Waals surface area contributed by atoms with Gasteiger partial charge >= 0.3 is 0 Å². The van der Waals surface area contributed by atoms with Gasteiger partial charge in [0.2, 0.25) is 0 Å². The van der Waals surface area contributed by atoms with Crippen molar-refractivity contribution >= 4 is 34.8 Å². The molecule has 0 aliphatic carbocycles. The van der Waals surface area contributed by atoms with Crippen molar-refractivity contribution < 1.29 is 0 Å². The minimum absolute atomic E-state index is 0.254. The second-order valence-corrected chi connectivity index (χ2v) is 6.19. The Labute approximate surface area is 77.8 Å². The van der Waals surface area contributed by atoms with Crippen LogP contribution in [0.15, 0.2) is 0 Å². The summed E-state index contributed by atoms with van der Waals surface area (Å²) >= 11 is 16.7. The Morgan fingerprint density at radius 1 is 0.900 bits per heavy atom. The molecule has 0 aromatic rings. The molecule has 0 aliphatic rings. The summed E-state index contributed by atoms with van der Waals surface area (Å²) in [4.78, 5) is 0. The van der Waals surface area contributed by atoms with Crippen LogP contribution in [0.1, 0.15) is 33.6 Å². The summed E-state index contributed by atoms with van der Waals surface area (Å²) in [5, 5.41) is 0. The second-order valence-electron chi connectivity index (χ2n) is 3.68. The van der Waals surface area contributed by atoms with Crippen LogP contribution in [0.2, 0.25) is 0 Å². The fourth-order valence-corrected chi connectivity index (χ4v) is 0.800. The van der Waals surface area contributed by atoms with E-state index in [0.29, 0.717) is 6.42 Å². The van der Waals surface area contributed by atoms with Gasteiger partial charge in [0, 0.05) is 0 Å². The van der Waals surface area contributed by atoms with E-state index < -0.39 is 3.79 Å². The van der Waals surface area contributed by atoms with E-state index in [1.807, 2.05) is 0 Å². The Balaban J connectivity index is 3.56. The normalized spacial score (nSPS) is 13.8. The molecule has 0 spiro atoms. The van der Waals surface area contributed by atoms with E-state index in [0.717, 1.165) is 6.42 Å². The highest BCUT2D eigenvalue weighted by molar-refractivity contribution is 6.67. The first-order valence-corrected chi connectivity index (χ1v) is 4.41. The smallest absolute Gasteiger partial charge is 0.0837 e. The lowest BCUT2D eigenvalue weighted by Gasteiger charge is -2.20. The minimum atomic E-state index is -1.08. The molecular weight excluding hydrogens is 190 g/mol. The van der Waals surface area contributed by atoms with Gasteiger partial charge < -0.3 is 0 Å². The van der Waals surface area contributed by atoms with Crippen LogP contribution in [0, 0.1) is 5.41 Å². The van der Waals surface area contributed by atoms with E-state index in [2.05, 4.69) is 20.8 Å². The highest BCUT2D eigenvalue weighted by Crippen LogP contribution is 2.35. The Morgan fingerprint density at radius 3 is 1.40 bits per heavy atom. The summed E-state index contributed by atoms with van der Waals surface area (Å²) in [5.41, 5.74) is 0.254. The predicted octanol–water partition coefficient (Wildman–Crippen LogP) is 4.18. The molecule has 0 N–H and O–H groups in total. The summed E-state index contributed by atoms with van der Waals surface area (Å²) in [6.45, 7) is 6.39. The van der Waals surface area contributed by atoms with E-state index in [1.54, 1.807) is 0 Å². The van der Waals surface area contributed by atoms with Crippen LogP contribution in [0.5, 0.6) is 0 Å². The molecule has 0 atom stereocenters. The van der Waals surface area contributed by atoms with Crippen LogP contribution >= 0.6 is 34.8 Å². The maximum atomic E-state index is 5.57. The lowest BCUT2D eigenvalue weighted by atomic mass is 9.91. The first kappa shape index (κ1) is 10.9. The van der Waals surface area contributed by atoms with Gasteiger partial charge in [-0.05, 0) is 18.3 Å². The van der Waals surface area contributed by atoms with Crippen molar-refractivity contribution in [2.45, 2.75) is 37.4 Å². The molecule has 0 aromatic carbocycles. The Bertz CT molecular complexity index is 82.4. The van der Waals surface area contributed by atoms with E-state index >= 15 is 0 Å². The third-order valence-electron chi connectivity index (χ3n) is 1.16. The summed E-state index contributed by atoms with van der Waals surface area (Å²) in [6, 6.07) is 0. The fourth-order valence-electron chi connectivity index (χ4n) is 0.517. The van der Waals surface area contributed by atoms with Crippen LogP contribution < -0.4 is 0 Å².